The summed E-state index contributed by atoms with van der Waals surface area (Å²) in [4.78, 5) is 16.4. The third-order valence-electron chi connectivity index (χ3n) is 7.52. The van der Waals surface area contributed by atoms with Crippen LogP contribution >= 0.6 is 24.6 Å². The number of likely N-dealkylation sites (N-methyl/N-ethyl adjacent to an activating group) is 1. The number of carbonyl (C=O) groups is 1. The summed E-state index contributed by atoms with van der Waals surface area (Å²) in [5, 5.41) is 18.3. The minimum Gasteiger partial charge on any atom is -0.503 e. The van der Waals surface area contributed by atoms with Gasteiger partial charge in [-0.3, -0.25) is 9.69 Å². The summed E-state index contributed by atoms with van der Waals surface area (Å²) in [6, 6.07) is 13.5. The molecule has 2 N–H and O–H groups in total. The Labute approximate surface area is 248 Å². The number of benzene rings is 2. The Kier molecular flexibility index (Phi) is 9.95. The monoisotopic (exact) mass is 579 g/mol. The third kappa shape index (κ3) is 7.44. The molecule has 2 heterocycles. The molecule has 1 aliphatic rings. The number of nitrogens with zero attached hydrogens (tertiary/aromatic N) is 4. The van der Waals surface area contributed by atoms with Gasteiger partial charge in [-0.2, -0.15) is 5.10 Å². The van der Waals surface area contributed by atoms with Crippen LogP contribution in [0.25, 0.3) is 5.69 Å². The Balaban J connectivity index is 1.51. The molecule has 8 nitrogen and oxygen atoms in total. The van der Waals surface area contributed by atoms with Crippen LogP contribution in [0.2, 0.25) is 0 Å². The molecule has 40 heavy (non-hydrogen) atoms. The summed E-state index contributed by atoms with van der Waals surface area (Å²) in [5.41, 5.74) is 2.76. The predicted octanol–water partition coefficient (Wildman–Crippen LogP) is 4.40. The molecule has 3 aromatic rings. The van der Waals surface area contributed by atoms with Crippen molar-refractivity contribution in [1.82, 2.24) is 19.0 Å². The second-order valence-corrected chi connectivity index (χ2v) is 12.3. The van der Waals surface area contributed by atoms with Crippen molar-refractivity contribution >= 4 is 44.0 Å². The van der Waals surface area contributed by atoms with Gasteiger partial charge >= 0.3 is 0 Å². The summed E-state index contributed by atoms with van der Waals surface area (Å²) in [6.45, 7) is 7.91. The first-order chi connectivity index (χ1) is 19.0. The van der Waals surface area contributed by atoms with Crippen molar-refractivity contribution in [2.24, 2.45) is 5.92 Å². The van der Waals surface area contributed by atoms with E-state index in [0.717, 1.165) is 35.7 Å². The number of likely N-dealkylation sites (tertiary alicyclic amines) is 1. The Hall–Kier alpha value is -2.44. The van der Waals surface area contributed by atoms with Gasteiger partial charge in [-0.1, -0.05) is 18.0 Å². The second kappa shape index (κ2) is 13.0. The van der Waals surface area contributed by atoms with Crippen LogP contribution in [0.1, 0.15) is 41.9 Å². The van der Waals surface area contributed by atoms with Gasteiger partial charge in [0.2, 0.25) is 0 Å². The van der Waals surface area contributed by atoms with Crippen LogP contribution in [-0.2, 0) is 6.54 Å². The van der Waals surface area contributed by atoms with Crippen LogP contribution in [0.4, 0.5) is 5.69 Å². The van der Waals surface area contributed by atoms with Gasteiger partial charge in [0.1, 0.15) is 13.6 Å². The van der Waals surface area contributed by atoms with Crippen LogP contribution in [0.5, 0.6) is 5.75 Å². The molecule has 0 spiro atoms. The van der Waals surface area contributed by atoms with Crippen LogP contribution in [-0.4, -0.2) is 82.4 Å². The fraction of sp³-hybridized carbons (Fsp3) is 0.448. The molecule has 212 valence electrons. The number of thiol groups is 1. The van der Waals surface area contributed by atoms with Gasteiger partial charge in [-0.25, -0.2) is 8.99 Å². The van der Waals surface area contributed by atoms with E-state index in [1.54, 1.807) is 22.8 Å². The molecular formula is C29H38BN5O3S2. The fourth-order valence-electron chi connectivity index (χ4n) is 5.06. The molecule has 1 amide bonds. The van der Waals surface area contributed by atoms with Crippen molar-refractivity contribution in [3.8, 4) is 11.4 Å². The van der Waals surface area contributed by atoms with Gasteiger partial charge in [-0.05, 0) is 70.8 Å². The number of anilines is 1. The Morgan fingerprint density at radius 3 is 2.65 bits per heavy atom. The lowest BCUT2D eigenvalue weighted by Gasteiger charge is -2.44. The highest BCUT2D eigenvalue weighted by molar-refractivity contribution is 7.96. The number of ether oxygens (including phenoxy) is 1. The maximum atomic E-state index is 13.2. The molecule has 1 aromatic heterocycles. The average Bonchev–Trinajstić information content (AvgIpc) is 3.31. The fourth-order valence-corrected chi connectivity index (χ4v) is 5.66. The molecule has 0 saturated carbocycles. The minimum absolute atomic E-state index is 0.0193. The summed E-state index contributed by atoms with van der Waals surface area (Å²) in [6.07, 6.45) is 4.73. The van der Waals surface area contributed by atoms with Gasteiger partial charge < -0.3 is 15.2 Å². The molecule has 2 unspecified atom stereocenters. The van der Waals surface area contributed by atoms with Gasteiger partial charge in [-0.15, -0.1) is 12.6 Å². The molecule has 2 radical (unpaired) electrons. The van der Waals surface area contributed by atoms with Gasteiger partial charge in [0, 0.05) is 66.5 Å². The zero-order chi connectivity index (χ0) is 29.0. The quantitative estimate of drug-likeness (QED) is 0.187. The summed E-state index contributed by atoms with van der Waals surface area (Å²) >= 11 is 6.03. The highest BCUT2D eigenvalue weighted by Gasteiger charge is 2.37. The van der Waals surface area contributed by atoms with Crippen LogP contribution in [0.3, 0.4) is 0 Å². The lowest BCUT2D eigenvalue weighted by Crippen LogP contribution is -2.52. The Morgan fingerprint density at radius 2 is 2.00 bits per heavy atom. The van der Waals surface area contributed by atoms with Crippen LogP contribution < -0.4 is 10.1 Å². The SMILES string of the molecule is [B]COc1cc(NC(=O)c2cn(-c3ccc(S)cc3)nc2C)ccc1CN1CC(N(C)SC)CC(C(C)(C)O)C1. The van der Waals surface area contributed by atoms with Crippen molar-refractivity contribution in [1.29, 1.82) is 0 Å². The number of aryl methyl sites for hydroxylation is 1. The molecule has 0 aliphatic carbocycles. The van der Waals surface area contributed by atoms with E-state index < -0.39 is 5.60 Å². The van der Waals surface area contributed by atoms with Crippen LogP contribution in [0.15, 0.2) is 53.6 Å². The zero-order valence-electron chi connectivity index (χ0n) is 23.8. The van der Waals surface area contributed by atoms with E-state index in [4.69, 9.17) is 12.6 Å². The number of hydrogen-bond acceptors (Lipinski definition) is 8. The van der Waals surface area contributed by atoms with Crippen molar-refractivity contribution in [3.05, 3.63) is 65.5 Å². The topological polar surface area (TPSA) is 82.9 Å². The van der Waals surface area contributed by atoms with E-state index in [1.165, 1.54) is 0 Å². The molecular weight excluding hydrogens is 541 g/mol. The predicted molar refractivity (Wildman–Crippen MR) is 166 cm³/mol. The maximum absolute atomic E-state index is 13.2. The minimum atomic E-state index is -0.775. The smallest absolute Gasteiger partial charge is 0.259 e. The standard InChI is InChI=1S/C29H38BN5O3S2/c1-19-26(17-35(32-19)23-8-10-25(39)11-9-23)28(36)31-22-7-6-20(27(13-22)38-18-30)14-34-15-21(29(2,3)37)12-24(16-34)33(4)40-5/h6-11,13,17,21,24,37,39H,12,14-16,18H2,1-5H3,(H,31,36). The second-order valence-electron chi connectivity index (χ2n) is 10.8. The lowest BCUT2D eigenvalue weighted by atomic mass is 9.82. The highest BCUT2D eigenvalue weighted by atomic mass is 32.2. The van der Waals surface area contributed by atoms with E-state index >= 15 is 0 Å². The van der Waals surface area contributed by atoms with Crippen molar-refractivity contribution in [2.75, 3.05) is 38.2 Å². The Morgan fingerprint density at radius 1 is 1.27 bits per heavy atom. The molecule has 1 fully saturated rings. The molecule has 4 rings (SSSR count). The molecule has 2 atom stereocenters. The molecule has 1 aliphatic heterocycles. The number of hydrogen-bond donors (Lipinski definition) is 3. The maximum Gasteiger partial charge on any atom is 0.259 e. The van der Waals surface area contributed by atoms with E-state index in [9.17, 15) is 9.90 Å². The summed E-state index contributed by atoms with van der Waals surface area (Å²) in [7, 11) is 7.87. The number of carbonyl (C=O) groups excluding carboxylic acids is 1. The number of amides is 1. The average molecular weight is 580 g/mol. The summed E-state index contributed by atoms with van der Waals surface area (Å²) in [5.74, 6) is 0.506. The number of aliphatic hydroxyl groups is 1. The summed E-state index contributed by atoms with van der Waals surface area (Å²) < 4.78 is 9.75. The molecule has 1 saturated heterocycles. The number of rotatable bonds is 10. The van der Waals surface area contributed by atoms with Gasteiger partial charge in [0.05, 0.1) is 22.5 Å². The molecule has 0 bridgehead atoms. The van der Waals surface area contributed by atoms with E-state index in [1.807, 2.05) is 63.2 Å². The number of aromatic nitrogens is 2. The zero-order valence-corrected chi connectivity index (χ0v) is 25.5. The first-order valence-corrected chi connectivity index (χ1v) is 15.0. The van der Waals surface area contributed by atoms with Crippen molar-refractivity contribution < 1.29 is 14.6 Å². The number of nitrogens with one attached hydrogen (secondary N) is 1. The third-order valence-corrected chi connectivity index (χ3v) is 8.69. The molecule has 2 aromatic carbocycles. The Bertz CT molecular complexity index is 1310. The highest BCUT2D eigenvalue weighted by Crippen LogP contribution is 2.33. The first kappa shape index (κ1) is 30.5. The van der Waals surface area contributed by atoms with E-state index in [2.05, 4.69) is 45.6 Å². The first-order valence-electron chi connectivity index (χ1n) is 13.3. The normalized spacial score (nSPS) is 18.2. The largest absolute Gasteiger partial charge is 0.503 e. The van der Waals surface area contributed by atoms with E-state index in [-0.39, 0.29) is 18.3 Å². The lowest BCUT2D eigenvalue weighted by molar-refractivity contribution is -0.0336. The van der Waals surface area contributed by atoms with Gasteiger partial charge in [0.15, 0.2) is 0 Å². The van der Waals surface area contributed by atoms with E-state index in [0.29, 0.717) is 35.3 Å². The van der Waals surface area contributed by atoms with Gasteiger partial charge in [0.25, 0.3) is 5.91 Å². The van der Waals surface area contributed by atoms with Crippen molar-refractivity contribution in [2.45, 2.75) is 50.3 Å². The van der Waals surface area contributed by atoms with Crippen molar-refractivity contribution in [3.63, 3.8) is 0 Å². The number of piperidine rings is 1. The molecule has 11 heteroatoms. The van der Waals surface area contributed by atoms with Crippen LogP contribution in [0, 0.1) is 12.8 Å².